The molecule has 0 spiro atoms. The zero-order chi connectivity index (χ0) is 8.39. The summed E-state index contributed by atoms with van der Waals surface area (Å²) in [6, 6.07) is 0.449. The predicted molar refractivity (Wildman–Crippen MR) is 41.6 cm³/mol. The monoisotopic (exact) mass is 169 g/mol. The van der Waals surface area contributed by atoms with Gasteiger partial charge in [-0.2, -0.15) is 0 Å². The van der Waals surface area contributed by atoms with Crippen LogP contribution in [0.25, 0.3) is 0 Å². The van der Waals surface area contributed by atoms with E-state index in [-0.39, 0.29) is 5.63 Å². The van der Waals surface area contributed by atoms with Crippen molar-refractivity contribution in [1.29, 1.82) is 0 Å². The summed E-state index contributed by atoms with van der Waals surface area (Å²) in [6.45, 7) is 0. The van der Waals surface area contributed by atoms with E-state index in [0.717, 1.165) is 12.8 Å². The maximum absolute atomic E-state index is 10.7. The highest BCUT2D eigenvalue weighted by Crippen LogP contribution is 2.22. The summed E-state index contributed by atoms with van der Waals surface area (Å²) >= 11 is 0. The van der Waals surface area contributed by atoms with Gasteiger partial charge in [0.25, 0.3) is 6.20 Å². The van der Waals surface area contributed by atoms with Crippen LogP contribution >= 0.6 is 0 Å². The third-order valence-corrected chi connectivity index (χ3v) is 2.46. The van der Waals surface area contributed by atoms with Gasteiger partial charge in [-0.1, -0.05) is 11.1 Å². The topological polar surface area (TPSA) is 49.9 Å². The van der Waals surface area contributed by atoms with Crippen molar-refractivity contribution < 1.29 is 9.20 Å². The molecular formula is C8H13N2O2+. The standard InChI is InChI=1S/C8H12N2O2/c11-8-6-10(9-12-8)7-4-2-1-3-5-7/h6-7H,1-5H2/p+1. The molecule has 1 heterocycles. The Balaban J connectivity index is 2.13. The molecule has 1 fully saturated rings. The number of rotatable bonds is 1. The molecule has 0 aromatic carbocycles. The molecule has 0 radical (unpaired) electrons. The lowest BCUT2D eigenvalue weighted by molar-refractivity contribution is -0.787. The molecule has 1 aliphatic carbocycles. The van der Waals surface area contributed by atoms with Crippen molar-refractivity contribution in [1.82, 2.24) is 5.27 Å². The summed E-state index contributed by atoms with van der Waals surface area (Å²) < 4.78 is 6.39. The molecule has 4 heteroatoms. The number of nitrogens with one attached hydrogen (secondary N) is 1. The smallest absolute Gasteiger partial charge is 0.284 e. The molecule has 0 unspecified atom stereocenters. The van der Waals surface area contributed by atoms with Crippen LogP contribution in [0, 0.1) is 0 Å². The number of nitrogens with zero attached hydrogens (tertiary/aromatic N) is 1. The van der Waals surface area contributed by atoms with Gasteiger partial charge in [0.2, 0.25) is 0 Å². The first kappa shape index (κ1) is 7.58. The number of hydrogen-bond acceptors (Lipinski definition) is 2. The second-order valence-corrected chi connectivity index (χ2v) is 3.34. The lowest BCUT2D eigenvalue weighted by Crippen LogP contribution is -2.42. The lowest BCUT2D eigenvalue weighted by atomic mass is 9.96. The summed E-state index contributed by atoms with van der Waals surface area (Å²) in [5, 5.41) is 2.60. The van der Waals surface area contributed by atoms with Gasteiger partial charge in [-0.3, -0.25) is 4.52 Å². The first-order valence-electron chi connectivity index (χ1n) is 4.46. The highest BCUT2D eigenvalue weighted by atomic mass is 16.5. The Morgan fingerprint density at radius 2 is 2.17 bits per heavy atom. The Labute approximate surface area is 70.1 Å². The second kappa shape index (κ2) is 3.13. The molecule has 0 atom stereocenters. The van der Waals surface area contributed by atoms with Crippen LogP contribution in [-0.2, 0) is 0 Å². The minimum absolute atomic E-state index is 0.291. The van der Waals surface area contributed by atoms with Crippen molar-refractivity contribution in [2.45, 2.75) is 38.1 Å². The van der Waals surface area contributed by atoms with Crippen LogP contribution in [-0.4, -0.2) is 5.27 Å². The van der Waals surface area contributed by atoms with E-state index in [0.29, 0.717) is 6.04 Å². The minimum Gasteiger partial charge on any atom is -0.284 e. The zero-order valence-electron chi connectivity index (χ0n) is 6.95. The van der Waals surface area contributed by atoms with Gasteiger partial charge < -0.3 is 0 Å². The average molecular weight is 169 g/mol. The third kappa shape index (κ3) is 1.42. The number of H-pyrrole nitrogens is 1. The Morgan fingerprint density at radius 1 is 1.42 bits per heavy atom. The van der Waals surface area contributed by atoms with Crippen molar-refractivity contribution in [3.63, 3.8) is 0 Å². The van der Waals surface area contributed by atoms with Crippen LogP contribution in [0.4, 0.5) is 0 Å². The molecule has 1 aromatic heterocycles. The van der Waals surface area contributed by atoms with Gasteiger partial charge in [0.05, 0.1) is 0 Å². The normalized spacial score (nSPS) is 19.7. The summed E-state index contributed by atoms with van der Waals surface area (Å²) in [4.78, 5) is 10.7. The molecule has 1 N–H and O–H groups in total. The van der Waals surface area contributed by atoms with Crippen molar-refractivity contribution in [2.75, 3.05) is 0 Å². The average Bonchev–Trinajstić information content (AvgIpc) is 2.54. The Hall–Kier alpha value is -1.06. The molecule has 0 saturated heterocycles. The molecule has 1 aliphatic rings. The molecule has 66 valence electrons. The number of aromatic amines is 1. The van der Waals surface area contributed by atoms with Gasteiger partial charge in [0.1, 0.15) is 0 Å². The Kier molecular flexibility index (Phi) is 1.98. The van der Waals surface area contributed by atoms with Gasteiger partial charge >= 0.3 is 5.63 Å². The van der Waals surface area contributed by atoms with E-state index >= 15 is 0 Å². The van der Waals surface area contributed by atoms with E-state index in [1.54, 1.807) is 4.68 Å². The highest BCUT2D eigenvalue weighted by molar-refractivity contribution is 4.60. The van der Waals surface area contributed by atoms with Gasteiger partial charge in [-0.25, -0.2) is 4.79 Å². The zero-order valence-corrected chi connectivity index (χ0v) is 6.95. The summed E-state index contributed by atoms with van der Waals surface area (Å²) in [5.41, 5.74) is -0.291. The van der Waals surface area contributed by atoms with Crippen molar-refractivity contribution in [2.24, 2.45) is 0 Å². The molecule has 1 saturated carbocycles. The van der Waals surface area contributed by atoms with Crippen molar-refractivity contribution in [3.8, 4) is 0 Å². The quantitative estimate of drug-likeness (QED) is 0.631. The fourth-order valence-electron chi connectivity index (χ4n) is 1.80. The number of hydrogen-bond donors (Lipinski definition) is 1. The maximum atomic E-state index is 10.7. The van der Waals surface area contributed by atoms with Crippen molar-refractivity contribution >= 4 is 0 Å². The fraction of sp³-hybridized carbons (Fsp3) is 0.750. The molecule has 1 aromatic rings. The van der Waals surface area contributed by atoms with Gasteiger partial charge in [-0.15, -0.1) is 0 Å². The fourth-order valence-corrected chi connectivity index (χ4v) is 1.80. The molecule has 0 aliphatic heterocycles. The predicted octanol–water partition coefficient (Wildman–Crippen LogP) is 0.761. The van der Waals surface area contributed by atoms with Crippen LogP contribution in [0.15, 0.2) is 15.5 Å². The first-order chi connectivity index (χ1) is 5.86. The van der Waals surface area contributed by atoms with Crippen LogP contribution in [0.5, 0.6) is 0 Å². The van der Waals surface area contributed by atoms with Gasteiger partial charge in [0.15, 0.2) is 6.04 Å². The van der Waals surface area contributed by atoms with Crippen LogP contribution in [0.3, 0.4) is 0 Å². The summed E-state index contributed by atoms with van der Waals surface area (Å²) in [6.07, 6.45) is 7.63. The van der Waals surface area contributed by atoms with E-state index in [1.165, 1.54) is 25.5 Å². The van der Waals surface area contributed by atoms with E-state index in [9.17, 15) is 4.79 Å². The van der Waals surface area contributed by atoms with Crippen molar-refractivity contribution in [3.05, 3.63) is 16.6 Å². The van der Waals surface area contributed by atoms with E-state index in [4.69, 9.17) is 0 Å². The minimum atomic E-state index is -0.291. The number of aromatic nitrogens is 2. The van der Waals surface area contributed by atoms with Crippen LogP contribution < -0.4 is 10.3 Å². The van der Waals surface area contributed by atoms with E-state index in [1.807, 2.05) is 0 Å². The van der Waals surface area contributed by atoms with Crippen LogP contribution in [0.1, 0.15) is 38.1 Å². The molecule has 4 nitrogen and oxygen atoms in total. The van der Waals surface area contributed by atoms with Crippen LogP contribution in [0.2, 0.25) is 0 Å². The lowest BCUT2D eigenvalue weighted by Gasteiger charge is -2.13. The summed E-state index contributed by atoms with van der Waals surface area (Å²) in [5.74, 6) is 0. The van der Waals surface area contributed by atoms with Gasteiger partial charge in [-0.05, 0) is 18.1 Å². The second-order valence-electron chi connectivity index (χ2n) is 3.34. The molecule has 0 bridgehead atoms. The Bertz CT molecular complexity index is 296. The third-order valence-electron chi connectivity index (χ3n) is 2.46. The van der Waals surface area contributed by atoms with E-state index < -0.39 is 0 Å². The SMILES string of the molecule is O=c1c[n+](C2CCCCC2)[nH]o1. The molecule has 2 rings (SSSR count). The molecule has 0 amide bonds. The largest absolute Gasteiger partial charge is 0.426 e. The first-order valence-corrected chi connectivity index (χ1v) is 4.46. The maximum Gasteiger partial charge on any atom is 0.426 e. The Morgan fingerprint density at radius 3 is 2.75 bits per heavy atom. The summed E-state index contributed by atoms with van der Waals surface area (Å²) in [7, 11) is 0. The molecule has 12 heavy (non-hydrogen) atoms. The van der Waals surface area contributed by atoms with Gasteiger partial charge in [0, 0.05) is 12.8 Å². The van der Waals surface area contributed by atoms with E-state index in [2.05, 4.69) is 9.79 Å². The molecular weight excluding hydrogens is 156 g/mol. The highest BCUT2D eigenvalue weighted by Gasteiger charge is 2.23.